The monoisotopic (exact) mass is 273 g/mol. The van der Waals surface area contributed by atoms with Crippen molar-refractivity contribution in [1.29, 1.82) is 0 Å². The number of nitrogens with zero attached hydrogens (tertiary/aromatic N) is 2. The Kier molecular flexibility index (Phi) is 4.66. The predicted octanol–water partition coefficient (Wildman–Crippen LogP) is 2.77. The Morgan fingerprint density at radius 2 is 2.15 bits per heavy atom. The maximum Gasteiger partial charge on any atom is 0.0706 e. The van der Waals surface area contributed by atoms with E-state index in [1.165, 1.54) is 43.2 Å². The lowest BCUT2D eigenvalue weighted by molar-refractivity contribution is 0.0302. The van der Waals surface area contributed by atoms with Gasteiger partial charge in [0.05, 0.1) is 24.4 Å². The molecule has 20 heavy (non-hydrogen) atoms. The lowest BCUT2D eigenvalue weighted by atomic mass is 9.98. The molecule has 0 amide bonds. The Morgan fingerprint density at radius 1 is 1.25 bits per heavy atom. The van der Waals surface area contributed by atoms with E-state index in [4.69, 9.17) is 4.74 Å². The Labute approximate surface area is 120 Å². The largest absolute Gasteiger partial charge is 0.377 e. The van der Waals surface area contributed by atoms with E-state index in [9.17, 15) is 0 Å². The highest BCUT2D eigenvalue weighted by molar-refractivity contribution is 5.53. The van der Waals surface area contributed by atoms with Crippen LogP contribution in [0.3, 0.4) is 0 Å². The van der Waals surface area contributed by atoms with E-state index in [1.807, 2.05) is 29.0 Å². The number of hydrogen-bond donors (Lipinski definition) is 1. The zero-order chi connectivity index (χ0) is 13.6. The van der Waals surface area contributed by atoms with E-state index >= 15 is 0 Å². The van der Waals surface area contributed by atoms with Crippen LogP contribution in [-0.2, 0) is 11.3 Å². The maximum absolute atomic E-state index is 5.91. The van der Waals surface area contributed by atoms with Crippen molar-refractivity contribution in [2.75, 3.05) is 13.2 Å². The van der Waals surface area contributed by atoms with E-state index in [0.717, 1.165) is 19.7 Å². The zero-order valence-electron chi connectivity index (χ0n) is 11.9. The van der Waals surface area contributed by atoms with E-state index in [-0.39, 0.29) is 0 Å². The molecule has 0 bridgehead atoms. The molecule has 1 N–H and O–H groups in total. The molecule has 1 aliphatic rings. The molecule has 0 unspecified atom stereocenters. The molecule has 2 aromatic rings. The first-order valence-corrected chi connectivity index (χ1v) is 7.67. The molecule has 2 heterocycles. The van der Waals surface area contributed by atoms with E-state index in [1.54, 1.807) is 0 Å². The molecular formula is C16H23N3O. The Hall–Kier alpha value is -1.39. The predicted molar refractivity (Wildman–Crippen MR) is 79.7 cm³/mol. The number of rotatable bonds is 6. The molecule has 4 nitrogen and oxygen atoms in total. The van der Waals surface area contributed by atoms with Crippen molar-refractivity contribution in [1.82, 2.24) is 14.9 Å². The van der Waals surface area contributed by atoms with Crippen molar-refractivity contribution in [3.63, 3.8) is 0 Å². The first-order chi connectivity index (χ1) is 9.93. The van der Waals surface area contributed by atoms with Crippen LogP contribution in [0.2, 0.25) is 0 Å². The van der Waals surface area contributed by atoms with Crippen molar-refractivity contribution >= 4 is 5.52 Å². The van der Waals surface area contributed by atoms with Crippen LogP contribution in [0.15, 0.2) is 30.6 Å². The fourth-order valence-electron chi connectivity index (χ4n) is 2.88. The highest BCUT2D eigenvalue weighted by atomic mass is 16.5. The van der Waals surface area contributed by atoms with Gasteiger partial charge in [0, 0.05) is 24.8 Å². The molecule has 4 heteroatoms. The van der Waals surface area contributed by atoms with Crippen molar-refractivity contribution in [2.24, 2.45) is 0 Å². The van der Waals surface area contributed by atoms with Gasteiger partial charge < -0.3 is 10.1 Å². The van der Waals surface area contributed by atoms with Gasteiger partial charge in [-0.15, -0.1) is 0 Å². The molecule has 0 aromatic carbocycles. The van der Waals surface area contributed by atoms with Crippen molar-refractivity contribution in [3.05, 3.63) is 36.2 Å². The van der Waals surface area contributed by atoms with Crippen LogP contribution in [0.25, 0.3) is 5.52 Å². The van der Waals surface area contributed by atoms with Gasteiger partial charge in [0.15, 0.2) is 0 Å². The molecular weight excluding hydrogens is 250 g/mol. The van der Waals surface area contributed by atoms with Crippen LogP contribution in [0.5, 0.6) is 0 Å². The van der Waals surface area contributed by atoms with E-state index in [0.29, 0.717) is 6.10 Å². The summed E-state index contributed by atoms with van der Waals surface area (Å²) in [6.45, 7) is 2.56. The van der Waals surface area contributed by atoms with E-state index < -0.39 is 0 Å². The van der Waals surface area contributed by atoms with Crippen molar-refractivity contribution < 1.29 is 4.74 Å². The summed E-state index contributed by atoms with van der Waals surface area (Å²) in [5.41, 5.74) is 2.41. The van der Waals surface area contributed by atoms with Crippen LogP contribution in [0.1, 0.15) is 37.7 Å². The summed E-state index contributed by atoms with van der Waals surface area (Å²) in [5, 5.41) is 7.78. The summed E-state index contributed by atoms with van der Waals surface area (Å²) >= 11 is 0. The zero-order valence-corrected chi connectivity index (χ0v) is 11.9. The maximum atomic E-state index is 5.91. The van der Waals surface area contributed by atoms with Gasteiger partial charge in [0.25, 0.3) is 0 Å². The topological polar surface area (TPSA) is 38.6 Å². The lowest BCUT2D eigenvalue weighted by Gasteiger charge is -2.21. The van der Waals surface area contributed by atoms with Crippen LogP contribution in [0, 0.1) is 0 Å². The third-order valence-corrected chi connectivity index (χ3v) is 4.01. The molecule has 1 aliphatic carbocycles. The summed E-state index contributed by atoms with van der Waals surface area (Å²) in [6, 6.07) is 6.14. The third-order valence-electron chi connectivity index (χ3n) is 4.01. The standard InChI is InChI=1S/C16H23N3O/c1-2-6-15(7-3-1)20-11-9-17-12-14-13-18-19-10-5-4-8-16(14)19/h4-5,8,10,13,15,17H,1-3,6-7,9,11-12H2. The first-order valence-electron chi connectivity index (χ1n) is 7.67. The average molecular weight is 273 g/mol. The summed E-state index contributed by atoms with van der Waals surface area (Å²) in [7, 11) is 0. The molecule has 2 aromatic heterocycles. The summed E-state index contributed by atoms with van der Waals surface area (Å²) in [5.74, 6) is 0. The smallest absolute Gasteiger partial charge is 0.0706 e. The van der Waals surface area contributed by atoms with Gasteiger partial charge in [-0.05, 0) is 25.0 Å². The molecule has 108 valence electrons. The van der Waals surface area contributed by atoms with Crippen molar-refractivity contribution in [3.8, 4) is 0 Å². The minimum Gasteiger partial charge on any atom is -0.377 e. The van der Waals surface area contributed by atoms with Crippen LogP contribution < -0.4 is 5.32 Å². The fourth-order valence-corrected chi connectivity index (χ4v) is 2.88. The molecule has 3 rings (SSSR count). The summed E-state index contributed by atoms with van der Waals surface area (Å²) in [6.07, 6.45) is 11.0. The molecule has 1 fully saturated rings. The van der Waals surface area contributed by atoms with Gasteiger partial charge in [-0.25, -0.2) is 4.52 Å². The third kappa shape index (κ3) is 3.38. The highest BCUT2D eigenvalue weighted by Gasteiger charge is 2.12. The molecule has 0 atom stereocenters. The second kappa shape index (κ2) is 6.86. The quantitative estimate of drug-likeness (QED) is 0.823. The van der Waals surface area contributed by atoms with E-state index in [2.05, 4.69) is 16.5 Å². The fraction of sp³-hybridized carbons (Fsp3) is 0.562. The second-order valence-corrected chi connectivity index (χ2v) is 5.51. The van der Waals surface area contributed by atoms with Crippen molar-refractivity contribution in [2.45, 2.75) is 44.8 Å². The van der Waals surface area contributed by atoms with Crippen LogP contribution >= 0.6 is 0 Å². The second-order valence-electron chi connectivity index (χ2n) is 5.51. The van der Waals surface area contributed by atoms with Gasteiger partial charge in [-0.2, -0.15) is 5.10 Å². The Bertz CT molecular complexity index is 531. The molecule has 0 radical (unpaired) electrons. The first kappa shape index (κ1) is 13.6. The number of aromatic nitrogens is 2. The van der Waals surface area contributed by atoms with Gasteiger partial charge >= 0.3 is 0 Å². The molecule has 0 aliphatic heterocycles. The minimum atomic E-state index is 0.502. The Balaban J connectivity index is 1.39. The van der Waals surface area contributed by atoms with Gasteiger partial charge in [-0.3, -0.25) is 0 Å². The summed E-state index contributed by atoms with van der Waals surface area (Å²) in [4.78, 5) is 0. The molecule has 0 saturated heterocycles. The number of hydrogen-bond acceptors (Lipinski definition) is 3. The number of nitrogens with one attached hydrogen (secondary N) is 1. The highest BCUT2D eigenvalue weighted by Crippen LogP contribution is 2.19. The lowest BCUT2D eigenvalue weighted by Crippen LogP contribution is -2.24. The minimum absolute atomic E-state index is 0.502. The van der Waals surface area contributed by atoms with Crippen LogP contribution in [-0.4, -0.2) is 28.9 Å². The normalized spacial score (nSPS) is 16.8. The average Bonchev–Trinajstić information content (AvgIpc) is 2.91. The number of pyridine rings is 1. The van der Waals surface area contributed by atoms with Gasteiger partial charge in [-0.1, -0.05) is 25.3 Å². The Morgan fingerprint density at radius 3 is 3.05 bits per heavy atom. The number of fused-ring (bicyclic) bond motifs is 1. The SMILES string of the molecule is c1ccn2ncc(CNCCOC3CCCCC3)c2c1. The van der Waals surface area contributed by atoms with Gasteiger partial charge in [0.2, 0.25) is 0 Å². The molecule has 0 spiro atoms. The summed E-state index contributed by atoms with van der Waals surface area (Å²) < 4.78 is 7.82. The molecule has 1 saturated carbocycles. The number of ether oxygens (including phenoxy) is 1. The van der Waals surface area contributed by atoms with Gasteiger partial charge in [0.1, 0.15) is 0 Å². The van der Waals surface area contributed by atoms with Crippen LogP contribution in [0.4, 0.5) is 0 Å².